The topological polar surface area (TPSA) is 101 Å². The molecule has 2 heterocycles. The van der Waals surface area contributed by atoms with Crippen molar-refractivity contribution in [1.82, 2.24) is 20.0 Å². The Morgan fingerprint density at radius 1 is 1.48 bits per heavy atom. The van der Waals surface area contributed by atoms with E-state index in [1.54, 1.807) is 7.05 Å². The minimum absolute atomic E-state index is 0.153. The van der Waals surface area contributed by atoms with Crippen molar-refractivity contribution in [2.75, 3.05) is 14.2 Å². The molecule has 2 aromatic heterocycles. The Morgan fingerprint density at radius 2 is 2.22 bits per heavy atom. The molecule has 2 aromatic rings. The van der Waals surface area contributed by atoms with Gasteiger partial charge >= 0.3 is 0 Å². The number of amides is 1. The van der Waals surface area contributed by atoms with Crippen LogP contribution in [-0.2, 0) is 13.0 Å². The van der Waals surface area contributed by atoms with Crippen molar-refractivity contribution in [3.8, 4) is 5.75 Å². The van der Waals surface area contributed by atoms with Gasteiger partial charge in [-0.2, -0.15) is 4.98 Å². The van der Waals surface area contributed by atoms with Crippen molar-refractivity contribution in [3.05, 3.63) is 39.9 Å². The smallest absolute Gasteiger partial charge is 0.270 e. The Morgan fingerprint density at radius 3 is 2.83 bits per heavy atom. The van der Waals surface area contributed by atoms with E-state index >= 15 is 0 Å². The fourth-order valence-electron chi connectivity index (χ4n) is 2.02. The number of H-pyrrole nitrogens is 1. The fraction of sp³-hybridized carbons (Fsp3) is 0.467. The molecular formula is C15H20N4O4. The van der Waals surface area contributed by atoms with Crippen LogP contribution in [0.2, 0.25) is 0 Å². The normalized spacial score (nSPS) is 10.8. The molecular weight excluding hydrogens is 300 g/mol. The highest BCUT2D eigenvalue weighted by molar-refractivity contribution is 5.92. The van der Waals surface area contributed by atoms with E-state index in [0.29, 0.717) is 24.1 Å². The summed E-state index contributed by atoms with van der Waals surface area (Å²) in [6, 6.07) is 1.21. The van der Waals surface area contributed by atoms with Crippen LogP contribution in [0.3, 0.4) is 0 Å². The third-order valence-corrected chi connectivity index (χ3v) is 3.15. The second-order valence-corrected chi connectivity index (χ2v) is 5.64. The van der Waals surface area contributed by atoms with Crippen LogP contribution in [0.25, 0.3) is 0 Å². The highest BCUT2D eigenvalue weighted by atomic mass is 16.5. The van der Waals surface area contributed by atoms with Crippen LogP contribution in [-0.4, -0.2) is 40.1 Å². The Hall–Kier alpha value is -2.64. The van der Waals surface area contributed by atoms with Crippen molar-refractivity contribution in [2.45, 2.75) is 26.8 Å². The van der Waals surface area contributed by atoms with Crippen molar-refractivity contribution in [2.24, 2.45) is 5.92 Å². The number of aromatic amines is 1. The van der Waals surface area contributed by atoms with Crippen LogP contribution >= 0.6 is 0 Å². The lowest BCUT2D eigenvalue weighted by Gasteiger charge is -2.14. The number of aromatic nitrogens is 3. The van der Waals surface area contributed by atoms with Gasteiger partial charge in [0.05, 0.1) is 13.7 Å². The number of pyridine rings is 1. The van der Waals surface area contributed by atoms with Crippen molar-refractivity contribution in [1.29, 1.82) is 0 Å². The molecule has 0 aromatic carbocycles. The molecule has 23 heavy (non-hydrogen) atoms. The van der Waals surface area contributed by atoms with Crippen molar-refractivity contribution < 1.29 is 14.1 Å². The minimum Gasteiger partial charge on any atom is -0.491 e. The molecule has 0 saturated heterocycles. The second kappa shape index (κ2) is 7.08. The van der Waals surface area contributed by atoms with Gasteiger partial charge < -0.3 is 19.1 Å². The summed E-state index contributed by atoms with van der Waals surface area (Å²) in [5.41, 5.74) is -0.189. The SMILES string of the molecule is COc1c[nH]c(C(=O)N(C)Cc2noc(CC(C)C)n2)cc1=O. The summed E-state index contributed by atoms with van der Waals surface area (Å²) in [4.78, 5) is 32.4. The van der Waals surface area contributed by atoms with Gasteiger partial charge in [0.15, 0.2) is 11.6 Å². The molecule has 0 fully saturated rings. The zero-order valence-corrected chi connectivity index (χ0v) is 13.6. The van der Waals surface area contributed by atoms with E-state index in [1.165, 1.54) is 24.3 Å². The van der Waals surface area contributed by atoms with E-state index in [-0.39, 0.29) is 29.3 Å². The number of rotatable bonds is 6. The molecule has 8 heteroatoms. The molecule has 1 N–H and O–H groups in total. The number of carbonyl (C=O) groups is 1. The first-order chi connectivity index (χ1) is 10.9. The average molecular weight is 320 g/mol. The number of ether oxygens (including phenoxy) is 1. The number of nitrogens with one attached hydrogen (secondary N) is 1. The van der Waals surface area contributed by atoms with Crippen molar-refractivity contribution in [3.63, 3.8) is 0 Å². The monoisotopic (exact) mass is 320 g/mol. The molecule has 0 unspecified atom stereocenters. The molecule has 0 spiro atoms. The van der Waals surface area contributed by atoms with Gasteiger partial charge in [-0.3, -0.25) is 9.59 Å². The predicted molar refractivity (Wildman–Crippen MR) is 82.3 cm³/mol. The van der Waals surface area contributed by atoms with Gasteiger partial charge in [-0.25, -0.2) is 0 Å². The molecule has 1 amide bonds. The molecule has 124 valence electrons. The molecule has 0 aliphatic heterocycles. The summed E-state index contributed by atoms with van der Waals surface area (Å²) in [6.07, 6.45) is 2.05. The quantitative estimate of drug-likeness (QED) is 0.859. The van der Waals surface area contributed by atoms with Crippen LogP contribution < -0.4 is 10.2 Å². The molecule has 8 nitrogen and oxygen atoms in total. The van der Waals surface area contributed by atoms with E-state index in [9.17, 15) is 9.59 Å². The van der Waals surface area contributed by atoms with Crippen LogP contribution in [0.4, 0.5) is 0 Å². The number of nitrogens with zero attached hydrogens (tertiary/aromatic N) is 3. The third-order valence-electron chi connectivity index (χ3n) is 3.15. The maximum Gasteiger partial charge on any atom is 0.270 e. The van der Waals surface area contributed by atoms with Crippen LogP contribution in [0, 0.1) is 5.92 Å². The Labute approximate surface area is 133 Å². The van der Waals surface area contributed by atoms with Gasteiger partial charge in [-0.15, -0.1) is 0 Å². The molecule has 0 aliphatic rings. The molecule has 2 rings (SSSR count). The van der Waals surface area contributed by atoms with E-state index in [4.69, 9.17) is 9.26 Å². The maximum atomic E-state index is 12.3. The van der Waals surface area contributed by atoms with Gasteiger partial charge in [-0.1, -0.05) is 19.0 Å². The highest BCUT2D eigenvalue weighted by Crippen LogP contribution is 2.09. The summed E-state index contributed by atoms with van der Waals surface area (Å²) in [5, 5.41) is 3.86. The van der Waals surface area contributed by atoms with E-state index in [2.05, 4.69) is 29.0 Å². The lowest BCUT2D eigenvalue weighted by Crippen LogP contribution is -2.28. The Bertz CT molecular complexity index is 735. The standard InChI is InChI=1S/C15H20N4O4/c1-9(2)5-14-17-13(18-23-14)8-19(3)15(21)10-6-11(20)12(22-4)7-16-10/h6-7,9H,5,8H2,1-4H3,(H,16,20). The maximum absolute atomic E-state index is 12.3. The van der Waals surface area contributed by atoms with Crippen LogP contribution in [0.15, 0.2) is 21.6 Å². The van der Waals surface area contributed by atoms with E-state index in [1.807, 2.05) is 0 Å². The summed E-state index contributed by atoms with van der Waals surface area (Å²) in [7, 11) is 2.99. The summed E-state index contributed by atoms with van der Waals surface area (Å²) in [5.74, 6) is 1.19. The summed E-state index contributed by atoms with van der Waals surface area (Å²) < 4.78 is 10.0. The predicted octanol–water partition coefficient (Wildman–Crippen LogP) is 1.24. The Kier molecular flexibility index (Phi) is 5.15. The largest absolute Gasteiger partial charge is 0.491 e. The Balaban J connectivity index is 2.06. The highest BCUT2D eigenvalue weighted by Gasteiger charge is 2.17. The van der Waals surface area contributed by atoms with E-state index in [0.717, 1.165) is 0 Å². The summed E-state index contributed by atoms with van der Waals surface area (Å²) >= 11 is 0. The fourth-order valence-corrected chi connectivity index (χ4v) is 2.02. The molecule has 0 aliphatic carbocycles. The first kappa shape index (κ1) is 16.7. The molecule has 0 saturated carbocycles. The van der Waals surface area contributed by atoms with Gasteiger partial charge in [0, 0.05) is 25.7 Å². The van der Waals surface area contributed by atoms with Crippen molar-refractivity contribution >= 4 is 5.91 Å². The number of methoxy groups -OCH3 is 1. The minimum atomic E-state index is -0.359. The van der Waals surface area contributed by atoms with Gasteiger partial charge in [0.1, 0.15) is 5.69 Å². The lowest BCUT2D eigenvalue weighted by molar-refractivity contribution is 0.0774. The zero-order chi connectivity index (χ0) is 17.0. The summed E-state index contributed by atoms with van der Waals surface area (Å²) in [6.45, 7) is 4.30. The van der Waals surface area contributed by atoms with Crippen LogP contribution in [0.1, 0.15) is 36.1 Å². The first-order valence-corrected chi connectivity index (χ1v) is 7.24. The number of hydrogen-bond acceptors (Lipinski definition) is 6. The second-order valence-electron chi connectivity index (χ2n) is 5.64. The van der Waals surface area contributed by atoms with Gasteiger partial charge in [0.25, 0.3) is 5.91 Å². The molecule has 0 bridgehead atoms. The number of carbonyl (C=O) groups excluding carboxylic acids is 1. The van der Waals surface area contributed by atoms with E-state index < -0.39 is 0 Å². The van der Waals surface area contributed by atoms with Gasteiger partial charge in [-0.05, 0) is 5.92 Å². The van der Waals surface area contributed by atoms with Crippen LogP contribution in [0.5, 0.6) is 5.75 Å². The third kappa shape index (κ3) is 4.18. The number of hydrogen-bond donors (Lipinski definition) is 1. The molecule has 0 atom stereocenters. The van der Waals surface area contributed by atoms with Gasteiger partial charge in [0.2, 0.25) is 11.3 Å². The molecule has 0 radical (unpaired) electrons. The zero-order valence-electron chi connectivity index (χ0n) is 13.6. The average Bonchev–Trinajstić information content (AvgIpc) is 2.92. The lowest BCUT2D eigenvalue weighted by atomic mass is 10.1. The first-order valence-electron chi connectivity index (χ1n) is 7.24.